The maximum Gasteiger partial charge on any atom is 0.0794 e. The van der Waals surface area contributed by atoms with Gasteiger partial charge in [0.2, 0.25) is 0 Å². The number of likely N-dealkylation sites (N-methyl/N-ethyl adjacent to an activating group) is 1. The highest BCUT2D eigenvalue weighted by atomic mass is 32.1. The zero-order valence-electron chi connectivity index (χ0n) is 9.45. The van der Waals surface area contributed by atoms with Gasteiger partial charge < -0.3 is 5.32 Å². The summed E-state index contributed by atoms with van der Waals surface area (Å²) in [5.41, 5.74) is 1.90. The van der Waals surface area contributed by atoms with Crippen LogP contribution in [0.15, 0.2) is 11.7 Å². The van der Waals surface area contributed by atoms with Crippen molar-refractivity contribution in [3.05, 3.63) is 16.6 Å². The lowest BCUT2D eigenvalue weighted by Gasteiger charge is -2.26. The quantitative estimate of drug-likeness (QED) is 0.811. The first-order valence-corrected chi connectivity index (χ1v) is 6.07. The van der Waals surface area contributed by atoms with E-state index in [1.165, 1.54) is 4.88 Å². The van der Waals surface area contributed by atoms with E-state index in [1.807, 2.05) is 18.8 Å². The van der Waals surface area contributed by atoms with Gasteiger partial charge in [0.1, 0.15) is 0 Å². The Morgan fingerprint density at radius 1 is 1.43 bits per heavy atom. The molecule has 1 aromatic heterocycles. The van der Waals surface area contributed by atoms with Gasteiger partial charge in [-0.1, -0.05) is 20.8 Å². The lowest BCUT2D eigenvalue weighted by Crippen LogP contribution is -2.36. The Balaban J connectivity index is 2.55. The number of rotatable bonds is 5. The summed E-state index contributed by atoms with van der Waals surface area (Å²) < 4.78 is 0. The molecule has 0 fully saturated rings. The predicted octanol–water partition coefficient (Wildman–Crippen LogP) is 2.57. The second-order valence-corrected chi connectivity index (χ2v) is 5.14. The number of hydrogen-bond donors (Lipinski definition) is 1. The van der Waals surface area contributed by atoms with Crippen molar-refractivity contribution < 1.29 is 0 Å². The summed E-state index contributed by atoms with van der Waals surface area (Å²) in [6.07, 6.45) is 3.07. The van der Waals surface area contributed by atoms with Crippen LogP contribution in [0, 0.1) is 11.8 Å². The molecule has 1 heterocycles. The molecule has 0 radical (unpaired) electrons. The number of nitrogens with one attached hydrogen (secondary N) is 1. The van der Waals surface area contributed by atoms with Crippen LogP contribution in [-0.4, -0.2) is 18.1 Å². The molecule has 0 saturated carbocycles. The number of hydrogen-bond acceptors (Lipinski definition) is 3. The zero-order chi connectivity index (χ0) is 10.6. The van der Waals surface area contributed by atoms with E-state index in [-0.39, 0.29) is 0 Å². The van der Waals surface area contributed by atoms with Crippen LogP contribution in [0.4, 0.5) is 0 Å². The van der Waals surface area contributed by atoms with Crippen LogP contribution in [-0.2, 0) is 6.42 Å². The van der Waals surface area contributed by atoms with Crippen LogP contribution in [0.2, 0.25) is 0 Å². The first-order chi connectivity index (χ1) is 6.65. The molecule has 1 rings (SSSR count). The molecule has 80 valence electrons. The Morgan fingerprint density at radius 2 is 2.14 bits per heavy atom. The lowest BCUT2D eigenvalue weighted by atomic mass is 9.88. The van der Waals surface area contributed by atoms with Crippen LogP contribution < -0.4 is 5.32 Å². The lowest BCUT2D eigenvalue weighted by molar-refractivity contribution is 0.311. The minimum absolute atomic E-state index is 0.565. The van der Waals surface area contributed by atoms with Gasteiger partial charge >= 0.3 is 0 Å². The van der Waals surface area contributed by atoms with Crippen LogP contribution in [0.3, 0.4) is 0 Å². The van der Waals surface area contributed by atoms with E-state index in [0.29, 0.717) is 12.0 Å². The third-order valence-electron chi connectivity index (χ3n) is 2.96. The third-order valence-corrected chi connectivity index (χ3v) is 3.76. The van der Waals surface area contributed by atoms with E-state index in [0.717, 1.165) is 12.3 Å². The molecule has 0 spiro atoms. The van der Waals surface area contributed by atoms with E-state index in [4.69, 9.17) is 0 Å². The summed E-state index contributed by atoms with van der Waals surface area (Å²) in [7, 11) is 2.05. The molecule has 0 bridgehead atoms. The molecule has 2 unspecified atom stereocenters. The van der Waals surface area contributed by atoms with E-state index in [9.17, 15) is 0 Å². The topological polar surface area (TPSA) is 24.9 Å². The summed E-state index contributed by atoms with van der Waals surface area (Å²) in [5.74, 6) is 1.42. The van der Waals surface area contributed by atoms with Crippen LogP contribution in [0.25, 0.3) is 0 Å². The molecule has 14 heavy (non-hydrogen) atoms. The molecular formula is C11H20N2S. The Hall–Kier alpha value is -0.410. The molecule has 0 aromatic carbocycles. The van der Waals surface area contributed by atoms with Gasteiger partial charge in [-0.2, -0.15) is 0 Å². The van der Waals surface area contributed by atoms with Crippen LogP contribution >= 0.6 is 11.3 Å². The van der Waals surface area contributed by atoms with E-state index < -0.39 is 0 Å². The summed E-state index contributed by atoms with van der Waals surface area (Å²) in [6, 6.07) is 0.565. The molecule has 2 atom stereocenters. The standard InChI is InChI=1S/C11H20N2S/c1-8(2)9(3)11(12-4)5-10-6-13-7-14-10/h6-9,11-12H,5H2,1-4H3. The Kier molecular flexibility index (Phi) is 4.55. The van der Waals surface area contributed by atoms with E-state index >= 15 is 0 Å². The predicted molar refractivity (Wildman–Crippen MR) is 62.7 cm³/mol. The van der Waals surface area contributed by atoms with Crippen molar-refractivity contribution in [1.82, 2.24) is 10.3 Å². The van der Waals surface area contributed by atoms with Crippen molar-refractivity contribution in [2.24, 2.45) is 11.8 Å². The van der Waals surface area contributed by atoms with Gasteiger partial charge in [-0.25, -0.2) is 0 Å². The van der Waals surface area contributed by atoms with Crippen molar-refractivity contribution in [3.8, 4) is 0 Å². The molecule has 1 aromatic rings. The van der Waals surface area contributed by atoms with Crippen LogP contribution in [0.5, 0.6) is 0 Å². The number of nitrogens with zero attached hydrogens (tertiary/aromatic N) is 1. The largest absolute Gasteiger partial charge is 0.316 e. The fourth-order valence-electron chi connectivity index (χ4n) is 1.58. The summed E-state index contributed by atoms with van der Waals surface area (Å²) in [4.78, 5) is 5.48. The van der Waals surface area contributed by atoms with Crippen molar-refractivity contribution in [2.45, 2.75) is 33.2 Å². The summed E-state index contributed by atoms with van der Waals surface area (Å²) in [5, 5.41) is 3.40. The fourth-order valence-corrected chi connectivity index (χ4v) is 2.23. The molecular weight excluding hydrogens is 192 g/mol. The molecule has 0 aliphatic rings. The minimum Gasteiger partial charge on any atom is -0.316 e. The van der Waals surface area contributed by atoms with Gasteiger partial charge in [-0.15, -0.1) is 11.3 Å². The van der Waals surface area contributed by atoms with Crippen molar-refractivity contribution in [2.75, 3.05) is 7.05 Å². The summed E-state index contributed by atoms with van der Waals surface area (Å²) in [6.45, 7) is 6.87. The minimum atomic E-state index is 0.565. The first kappa shape index (κ1) is 11.7. The Labute approximate surface area is 90.8 Å². The van der Waals surface area contributed by atoms with E-state index in [2.05, 4.69) is 31.1 Å². The fraction of sp³-hybridized carbons (Fsp3) is 0.727. The molecule has 0 saturated heterocycles. The highest BCUT2D eigenvalue weighted by Gasteiger charge is 2.19. The van der Waals surface area contributed by atoms with Gasteiger partial charge in [-0.05, 0) is 25.3 Å². The highest BCUT2D eigenvalue weighted by Crippen LogP contribution is 2.19. The second-order valence-electron chi connectivity index (χ2n) is 4.17. The molecule has 0 amide bonds. The Morgan fingerprint density at radius 3 is 2.57 bits per heavy atom. The second kappa shape index (κ2) is 5.47. The van der Waals surface area contributed by atoms with Gasteiger partial charge in [0, 0.05) is 17.1 Å². The maximum absolute atomic E-state index is 4.10. The Bertz CT molecular complexity index is 244. The van der Waals surface area contributed by atoms with E-state index in [1.54, 1.807) is 11.3 Å². The molecule has 3 heteroatoms. The monoisotopic (exact) mass is 212 g/mol. The van der Waals surface area contributed by atoms with Crippen molar-refractivity contribution in [1.29, 1.82) is 0 Å². The molecule has 0 aliphatic carbocycles. The SMILES string of the molecule is CNC(Cc1cncs1)C(C)C(C)C. The van der Waals surface area contributed by atoms with Gasteiger partial charge in [0.15, 0.2) is 0 Å². The van der Waals surface area contributed by atoms with Crippen molar-refractivity contribution >= 4 is 11.3 Å². The molecule has 2 nitrogen and oxygen atoms in total. The van der Waals surface area contributed by atoms with Gasteiger partial charge in [-0.3, -0.25) is 4.98 Å². The highest BCUT2D eigenvalue weighted by molar-refractivity contribution is 7.09. The first-order valence-electron chi connectivity index (χ1n) is 5.19. The number of thiazole rings is 1. The number of aromatic nitrogens is 1. The van der Waals surface area contributed by atoms with Gasteiger partial charge in [0.05, 0.1) is 5.51 Å². The average molecular weight is 212 g/mol. The average Bonchev–Trinajstić information content (AvgIpc) is 2.65. The van der Waals surface area contributed by atoms with Gasteiger partial charge in [0.25, 0.3) is 0 Å². The normalized spacial score (nSPS) is 15.8. The maximum atomic E-state index is 4.10. The zero-order valence-corrected chi connectivity index (χ0v) is 10.3. The van der Waals surface area contributed by atoms with Crippen LogP contribution in [0.1, 0.15) is 25.6 Å². The summed E-state index contributed by atoms with van der Waals surface area (Å²) >= 11 is 1.74. The smallest absolute Gasteiger partial charge is 0.0794 e. The molecule has 1 N–H and O–H groups in total. The van der Waals surface area contributed by atoms with Crippen molar-refractivity contribution in [3.63, 3.8) is 0 Å². The third kappa shape index (κ3) is 3.07. The molecule has 0 aliphatic heterocycles.